The van der Waals surface area contributed by atoms with Gasteiger partial charge in [0.05, 0.1) is 13.7 Å². The van der Waals surface area contributed by atoms with Crippen molar-refractivity contribution in [3.63, 3.8) is 0 Å². The molecule has 0 heterocycles. The second kappa shape index (κ2) is 7.22. The number of nitrogens with one attached hydrogen (secondary N) is 1. The molecule has 0 rings (SSSR count). The van der Waals surface area contributed by atoms with Gasteiger partial charge in [-0.1, -0.05) is 13.3 Å². The van der Waals surface area contributed by atoms with Gasteiger partial charge in [0.15, 0.2) is 0 Å². The fourth-order valence-corrected chi connectivity index (χ4v) is 1.51. The average molecular weight is 231 g/mol. The van der Waals surface area contributed by atoms with Crippen LogP contribution in [0.5, 0.6) is 0 Å². The van der Waals surface area contributed by atoms with Crippen LogP contribution in [0, 0.1) is 0 Å². The van der Waals surface area contributed by atoms with Gasteiger partial charge in [0.1, 0.15) is 5.54 Å². The lowest BCUT2D eigenvalue weighted by molar-refractivity contribution is -0.150. The molecule has 94 valence electrons. The Balaban J connectivity index is 4.42. The summed E-state index contributed by atoms with van der Waals surface area (Å²) in [6, 6.07) is 0. The highest BCUT2D eigenvalue weighted by Gasteiger charge is 2.34. The average Bonchev–Trinajstić information content (AvgIpc) is 2.25. The summed E-state index contributed by atoms with van der Waals surface area (Å²) in [6.07, 6.45) is 1.58. The Morgan fingerprint density at radius 2 is 1.94 bits per heavy atom. The first-order valence-corrected chi connectivity index (χ1v) is 5.38. The third-order valence-electron chi connectivity index (χ3n) is 2.33. The molecule has 16 heavy (non-hydrogen) atoms. The zero-order valence-electron chi connectivity index (χ0n) is 10.5. The topological polar surface area (TPSA) is 64.6 Å². The molecule has 0 aliphatic carbocycles. The zero-order chi connectivity index (χ0) is 12.6. The van der Waals surface area contributed by atoms with Gasteiger partial charge in [-0.15, -0.1) is 0 Å². The Hall–Kier alpha value is -1.10. The Bertz CT molecular complexity index is 242. The molecule has 0 radical (unpaired) electrons. The summed E-state index contributed by atoms with van der Waals surface area (Å²) < 4.78 is 9.49. The number of amides is 1. The summed E-state index contributed by atoms with van der Waals surface area (Å²) in [4.78, 5) is 23.1. The Labute approximate surface area is 96.5 Å². The number of carbonyl (C=O) groups excluding carboxylic acids is 2. The van der Waals surface area contributed by atoms with Gasteiger partial charge >= 0.3 is 5.97 Å². The van der Waals surface area contributed by atoms with Crippen molar-refractivity contribution in [1.82, 2.24) is 5.32 Å². The van der Waals surface area contributed by atoms with Crippen LogP contribution in [0.2, 0.25) is 0 Å². The quantitative estimate of drug-likeness (QED) is 0.660. The van der Waals surface area contributed by atoms with Gasteiger partial charge in [0.2, 0.25) is 5.91 Å². The van der Waals surface area contributed by atoms with Gasteiger partial charge in [0, 0.05) is 13.5 Å². The Kier molecular flexibility index (Phi) is 6.72. The first-order valence-electron chi connectivity index (χ1n) is 5.38. The molecule has 0 aromatic carbocycles. The molecule has 0 aromatic rings. The van der Waals surface area contributed by atoms with E-state index in [2.05, 4.69) is 10.1 Å². The van der Waals surface area contributed by atoms with Crippen LogP contribution in [0.3, 0.4) is 0 Å². The molecular weight excluding hydrogens is 210 g/mol. The van der Waals surface area contributed by atoms with Crippen LogP contribution in [0.25, 0.3) is 0 Å². The lowest BCUT2D eigenvalue weighted by atomic mass is 9.96. The molecule has 0 fully saturated rings. The van der Waals surface area contributed by atoms with Crippen LogP contribution in [0.4, 0.5) is 0 Å². The largest absolute Gasteiger partial charge is 0.467 e. The van der Waals surface area contributed by atoms with Crippen molar-refractivity contribution in [1.29, 1.82) is 0 Å². The van der Waals surface area contributed by atoms with E-state index < -0.39 is 11.5 Å². The number of hydrogen-bond acceptors (Lipinski definition) is 4. The molecule has 5 heteroatoms. The summed E-state index contributed by atoms with van der Waals surface area (Å²) in [5.41, 5.74) is -0.936. The molecule has 0 aliphatic heterocycles. The SMILES string of the molecule is CCCC(C)(NC(=O)CCOC)C(=O)OC. The summed E-state index contributed by atoms with van der Waals surface area (Å²) >= 11 is 0. The normalized spacial score (nSPS) is 14.0. The van der Waals surface area contributed by atoms with Gasteiger partial charge < -0.3 is 14.8 Å². The van der Waals surface area contributed by atoms with Crippen molar-refractivity contribution in [2.45, 2.75) is 38.6 Å². The van der Waals surface area contributed by atoms with E-state index in [0.717, 1.165) is 6.42 Å². The van der Waals surface area contributed by atoms with E-state index in [-0.39, 0.29) is 12.3 Å². The first kappa shape index (κ1) is 14.9. The van der Waals surface area contributed by atoms with Crippen LogP contribution in [0.15, 0.2) is 0 Å². The van der Waals surface area contributed by atoms with Crippen LogP contribution in [-0.4, -0.2) is 38.2 Å². The minimum atomic E-state index is -0.936. The summed E-state index contributed by atoms with van der Waals surface area (Å²) in [5, 5.41) is 2.69. The molecule has 1 atom stereocenters. The van der Waals surface area contributed by atoms with Crippen molar-refractivity contribution in [3.8, 4) is 0 Å². The van der Waals surface area contributed by atoms with E-state index >= 15 is 0 Å². The maximum atomic E-state index is 11.6. The third-order valence-corrected chi connectivity index (χ3v) is 2.33. The standard InChI is InChI=1S/C11H21NO4/c1-5-7-11(2,10(14)16-4)12-9(13)6-8-15-3/h5-8H2,1-4H3,(H,12,13). The predicted molar refractivity (Wildman–Crippen MR) is 60.0 cm³/mol. The lowest BCUT2D eigenvalue weighted by Crippen LogP contribution is -2.52. The number of hydrogen-bond donors (Lipinski definition) is 1. The van der Waals surface area contributed by atoms with Crippen molar-refractivity contribution in [2.24, 2.45) is 0 Å². The minimum Gasteiger partial charge on any atom is -0.467 e. The number of carbonyl (C=O) groups is 2. The molecule has 1 N–H and O–H groups in total. The van der Waals surface area contributed by atoms with E-state index in [1.54, 1.807) is 6.92 Å². The summed E-state index contributed by atoms with van der Waals surface area (Å²) in [6.45, 7) is 3.96. The van der Waals surface area contributed by atoms with E-state index in [4.69, 9.17) is 4.74 Å². The van der Waals surface area contributed by atoms with Crippen LogP contribution in [-0.2, 0) is 19.1 Å². The van der Waals surface area contributed by atoms with Crippen molar-refractivity contribution in [2.75, 3.05) is 20.8 Å². The molecule has 0 bridgehead atoms. The molecule has 5 nitrogen and oxygen atoms in total. The minimum absolute atomic E-state index is 0.205. The van der Waals surface area contributed by atoms with Gasteiger partial charge in [-0.2, -0.15) is 0 Å². The van der Waals surface area contributed by atoms with E-state index in [1.807, 2.05) is 6.92 Å². The molecule has 0 spiro atoms. The highest BCUT2D eigenvalue weighted by molar-refractivity contribution is 5.87. The van der Waals surface area contributed by atoms with E-state index in [1.165, 1.54) is 14.2 Å². The molecule has 1 amide bonds. The third kappa shape index (κ3) is 4.61. The molecule has 1 unspecified atom stereocenters. The summed E-state index contributed by atoms with van der Waals surface area (Å²) in [5.74, 6) is -0.622. The summed E-state index contributed by atoms with van der Waals surface area (Å²) in [7, 11) is 2.84. The highest BCUT2D eigenvalue weighted by Crippen LogP contribution is 2.14. The number of ether oxygens (including phenoxy) is 2. The fraction of sp³-hybridized carbons (Fsp3) is 0.818. The zero-order valence-corrected chi connectivity index (χ0v) is 10.5. The maximum Gasteiger partial charge on any atom is 0.331 e. The maximum absolute atomic E-state index is 11.6. The Morgan fingerprint density at radius 1 is 1.31 bits per heavy atom. The second-order valence-corrected chi connectivity index (χ2v) is 3.86. The molecule has 0 aromatic heterocycles. The highest BCUT2D eigenvalue weighted by atomic mass is 16.5. The monoisotopic (exact) mass is 231 g/mol. The number of esters is 1. The van der Waals surface area contributed by atoms with Crippen LogP contribution >= 0.6 is 0 Å². The molecule has 0 saturated heterocycles. The molecule has 0 saturated carbocycles. The fourth-order valence-electron chi connectivity index (χ4n) is 1.51. The number of rotatable bonds is 7. The molecule has 0 aliphatic rings. The smallest absolute Gasteiger partial charge is 0.331 e. The van der Waals surface area contributed by atoms with E-state index in [0.29, 0.717) is 13.0 Å². The van der Waals surface area contributed by atoms with Gasteiger partial charge in [-0.25, -0.2) is 4.79 Å². The van der Waals surface area contributed by atoms with Crippen molar-refractivity contribution in [3.05, 3.63) is 0 Å². The van der Waals surface area contributed by atoms with Crippen molar-refractivity contribution < 1.29 is 19.1 Å². The van der Waals surface area contributed by atoms with Crippen LogP contribution in [0.1, 0.15) is 33.1 Å². The van der Waals surface area contributed by atoms with E-state index in [9.17, 15) is 9.59 Å². The Morgan fingerprint density at radius 3 is 2.38 bits per heavy atom. The van der Waals surface area contributed by atoms with Gasteiger partial charge in [-0.05, 0) is 13.3 Å². The van der Waals surface area contributed by atoms with Crippen LogP contribution < -0.4 is 5.32 Å². The first-order chi connectivity index (χ1) is 7.50. The van der Waals surface area contributed by atoms with Gasteiger partial charge in [0.25, 0.3) is 0 Å². The number of methoxy groups -OCH3 is 2. The second-order valence-electron chi connectivity index (χ2n) is 3.86. The lowest BCUT2D eigenvalue weighted by Gasteiger charge is -2.27. The predicted octanol–water partition coefficient (Wildman–Crippen LogP) is 0.871. The molecular formula is C11H21NO4. The van der Waals surface area contributed by atoms with Crippen molar-refractivity contribution >= 4 is 11.9 Å². The van der Waals surface area contributed by atoms with Gasteiger partial charge in [-0.3, -0.25) is 4.79 Å².